The summed E-state index contributed by atoms with van der Waals surface area (Å²) in [7, 11) is 0. The topological polar surface area (TPSA) is 73.4 Å². The van der Waals surface area contributed by atoms with E-state index in [0.717, 1.165) is 50.3 Å². The summed E-state index contributed by atoms with van der Waals surface area (Å²) in [5, 5.41) is 7.47. The molecule has 1 aliphatic heterocycles. The van der Waals surface area contributed by atoms with Gasteiger partial charge in [-0.3, -0.25) is 15.1 Å². The number of halogens is 1. The van der Waals surface area contributed by atoms with Crippen molar-refractivity contribution in [1.82, 2.24) is 4.90 Å². The van der Waals surface area contributed by atoms with Crippen LogP contribution in [0.2, 0.25) is 0 Å². The third-order valence-electron chi connectivity index (χ3n) is 5.76. The van der Waals surface area contributed by atoms with Gasteiger partial charge in [0.15, 0.2) is 0 Å². The van der Waals surface area contributed by atoms with E-state index in [1.165, 1.54) is 11.1 Å². The van der Waals surface area contributed by atoms with Crippen molar-refractivity contribution in [3.63, 3.8) is 0 Å². The molecule has 0 saturated carbocycles. The molecule has 0 aromatic heterocycles. The lowest BCUT2D eigenvalue weighted by molar-refractivity contribution is -0.118. The van der Waals surface area contributed by atoms with Gasteiger partial charge in [-0.1, -0.05) is 50.2 Å². The van der Waals surface area contributed by atoms with E-state index in [0.29, 0.717) is 18.4 Å². The third-order valence-corrected chi connectivity index (χ3v) is 5.76. The van der Waals surface area contributed by atoms with E-state index in [1.54, 1.807) is 0 Å². The molecule has 5 nitrogen and oxygen atoms in total. The van der Waals surface area contributed by atoms with Crippen LogP contribution in [0.1, 0.15) is 48.9 Å². The Hall–Kier alpha value is -2.37. The van der Waals surface area contributed by atoms with Crippen LogP contribution in [0.4, 0.5) is 5.69 Å². The standard InChI is InChI=1S/C24H32N4O.ClH/c1-3-27(4-2)17-19-9-13-22-21(16-19)6-5-15-28(22)23(29)14-10-18-7-11-20(12-8-18)24(25)26;/h7-9,11-13,16H,3-6,10,14-15,17H2,1-2H3,(H3,25,26);1H. The number of benzene rings is 2. The van der Waals surface area contributed by atoms with Crippen molar-refractivity contribution in [1.29, 1.82) is 5.41 Å². The molecule has 162 valence electrons. The van der Waals surface area contributed by atoms with Crippen molar-refractivity contribution < 1.29 is 4.79 Å². The van der Waals surface area contributed by atoms with Gasteiger partial charge in [0.05, 0.1) is 0 Å². The average Bonchev–Trinajstić information content (AvgIpc) is 2.75. The largest absolute Gasteiger partial charge is 0.384 e. The Morgan fingerprint density at radius 2 is 1.77 bits per heavy atom. The second-order valence-electron chi connectivity index (χ2n) is 7.68. The number of amides is 1. The van der Waals surface area contributed by atoms with Crippen LogP contribution in [0, 0.1) is 5.41 Å². The molecular formula is C24H33ClN4O. The van der Waals surface area contributed by atoms with Crippen molar-refractivity contribution in [3.8, 4) is 0 Å². The van der Waals surface area contributed by atoms with Crippen LogP contribution in [-0.4, -0.2) is 36.3 Å². The molecule has 0 atom stereocenters. The fourth-order valence-electron chi connectivity index (χ4n) is 3.95. The van der Waals surface area contributed by atoms with E-state index in [1.807, 2.05) is 29.2 Å². The Balaban J connectivity index is 0.00000320. The van der Waals surface area contributed by atoms with E-state index < -0.39 is 0 Å². The van der Waals surface area contributed by atoms with Crippen LogP contribution in [0.25, 0.3) is 0 Å². The van der Waals surface area contributed by atoms with Gasteiger partial charge >= 0.3 is 0 Å². The quantitative estimate of drug-likeness (QED) is 0.490. The second-order valence-corrected chi connectivity index (χ2v) is 7.68. The van der Waals surface area contributed by atoms with Gasteiger partial charge < -0.3 is 10.6 Å². The number of amidine groups is 1. The number of fused-ring (bicyclic) bond motifs is 1. The van der Waals surface area contributed by atoms with Crippen molar-refractivity contribution in [2.24, 2.45) is 5.73 Å². The monoisotopic (exact) mass is 428 g/mol. The van der Waals surface area contributed by atoms with Crippen LogP contribution in [0.3, 0.4) is 0 Å². The molecule has 1 amide bonds. The minimum absolute atomic E-state index is 0. The molecule has 1 aliphatic rings. The number of aryl methyl sites for hydroxylation is 2. The van der Waals surface area contributed by atoms with Crippen molar-refractivity contribution in [2.45, 2.75) is 46.1 Å². The van der Waals surface area contributed by atoms with E-state index in [2.05, 4.69) is 36.9 Å². The van der Waals surface area contributed by atoms with E-state index in [4.69, 9.17) is 11.1 Å². The molecule has 2 aromatic carbocycles. The molecular weight excluding hydrogens is 396 g/mol. The van der Waals surface area contributed by atoms with E-state index >= 15 is 0 Å². The molecule has 0 fully saturated rings. The zero-order valence-corrected chi connectivity index (χ0v) is 18.8. The molecule has 3 N–H and O–H groups in total. The van der Waals surface area contributed by atoms with Gasteiger partial charge in [-0.2, -0.15) is 0 Å². The lowest BCUT2D eigenvalue weighted by Crippen LogP contribution is -2.35. The first-order chi connectivity index (χ1) is 14.0. The maximum atomic E-state index is 12.9. The molecule has 0 radical (unpaired) electrons. The molecule has 0 aliphatic carbocycles. The first kappa shape index (κ1) is 23.9. The lowest BCUT2D eigenvalue weighted by Gasteiger charge is -2.30. The SMILES string of the molecule is CCN(CC)Cc1ccc2c(c1)CCCN2C(=O)CCc1ccc(C(=N)N)cc1.Cl. The van der Waals surface area contributed by atoms with Gasteiger partial charge in [0, 0.05) is 30.8 Å². The normalized spacial score (nSPS) is 13.0. The fraction of sp³-hybridized carbons (Fsp3) is 0.417. The Morgan fingerprint density at radius 1 is 1.10 bits per heavy atom. The number of rotatable bonds is 8. The molecule has 6 heteroatoms. The number of anilines is 1. The maximum Gasteiger partial charge on any atom is 0.227 e. The number of carbonyl (C=O) groups excluding carboxylic acids is 1. The van der Waals surface area contributed by atoms with Gasteiger partial charge in [0.1, 0.15) is 5.84 Å². The summed E-state index contributed by atoms with van der Waals surface area (Å²) < 4.78 is 0. The van der Waals surface area contributed by atoms with Crippen molar-refractivity contribution in [2.75, 3.05) is 24.5 Å². The fourth-order valence-corrected chi connectivity index (χ4v) is 3.95. The first-order valence-corrected chi connectivity index (χ1v) is 10.6. The summed E-state index contributed by atoms with van der Waals surface area (Å²) in [4.78, 5) is 17.3. The average molecular weight is 429 g/mol. The molecule has 3 rings (SSSR count). The van der Waals surface area contributed by atoms with Gasteiger partial charge in [0.2, 0.25) is 5.91 Å². The Morgan fingerprint density at radius 3 is 2.40 bits per heavy atom. The minimum Gasteiger partial charge on any atom is -0.384 e. The van der Waals surface area contributed by atoms with Crippen LogP contribution in [0.5, 0.6) is 0 Å². The molecule has 30 heavy (non-hydrogen) atoms. The van der Waals surface area contributed by atoms with Crippen LogP contribution in [-0.2, 0) is 24.2 Å². The lowest BCUT2D eigenvalue weighted by atomic mass is 9.98. The number of nitrogens with zero attached hydrogens (tertiary/aromatic N) is 2. The van der Waals surface area contributed by atoms with Crippen molar-refractivity contribution in [3.05, 3.63) is 64.7 Å². The van der Waals surface area contributed by atoms with Crippen LogP contribution < -0.4 is 10.6 Å². The number of nitrogen functional groups attached to an aromatic ring is 1. The Kier molecular flexibility index (Phi) is 8.88. The summed E-state index contributed by atoms with van der Waals surface area (Å²) in [5.41, 5.74) is 11.0. The predicted molar refractivity (Wildman–Crippen MR) is 127 cm³/mol. The van der Waals surface area contributed by atoms with Gasteiger partial charge in [-0.05, 0) is 55.1 Å². The Bertz CT molecular complexity index is 862. The molecule has 1 heterocycles. The number of nitrogens with two attached hydrogens (primary N) is 1. The number of hydrogen-bond acceptors (Lipinski definition) is 3. The van der Waals surface area contributed by atoms with E-state index in [-0.39, 0.29) is 24.1 Å². The highest BCUT2D eigenvalue weighted by atomic mass is 35.5. The van der Waals surface area contributed by atoms with Gasteiger partial charge in [-0.25, -0.2) is 0 Å². The summed E-state index contributed by atoms with van der Waals surface area (Å²) in [6.07, 6.45) is 3.24. The smallest absolute Gasteiger partial charge is 0.227 e. The molecule has 0 spiro atoms. The summed E-state index contributed by atoms with van der Waals surface area (Å²) >= 11 is 0. The molecule has 0 unspecified atom stereocenters. The maximum absolute atomic E-state index is 12.9. The third kappa shape index (κ3) is 5.83. The number of hydrogen-bond donors (Lipinski definition) is 2. The predicted octanol–water partition coefficient (Wildman–Crippen LogP) is 4.15. The highest BCUT2D eigenvalue weighted by Gasteiger charge is 2.22. The van der Waals surface area contributed by atoms with Crippen LogP contribution >= 0.6 is 12.4 Å². The van der Waals surface area contributed by atoms with Gasteiger partial charge in [-0.15, -0.1) is 12.4 Å². The zero-order chi connectivity index (χ0) is 20.8. The van der Waals surface area contributed by atoms with Gasteiger partial charge in [0.25, 0.3) is 0 Å². The molecule has 2 aromatic rings. The van der Waals surface area contributed by atoms with Crippen molar-refractivity contribution >= 4 is 29.8 Å². The first-order valence-electron chi connectivity index (χ1n) is 10.6. The molecule has 0 saturated heterocycles. The number of carbonyl (C=O) groups is 1. The summed E-state index contributed by atoms with van der Waals surface area (Å²) in [6.45, 7) is 8.23. The minimum atomic E-state index is 0. The number of nitrogens with one attached hydrogen (secondary N) is 1. The Labute approximate surface area is 186 Å². The summed E-state index contributed by atoms with van der Waals surface area (Å²) in [5.74, 6) is 0.246. The zero-order valence-electron chi connectivity index (χ0n) is 18.0. The summed E-state index contributed by atoms with van der Waals surface area (Å²) in [6, 6.07) is 14.2. The molecule has 0 bridgehead atoms. The second kappa shape index (κ2) is 11.1. The van der Waals surface area contributed by atoms with Crippen LogP contribution in [0.15, 0.2) is 42.5 Å². The van der Waals surface area contributed by atoms with E-state index in [9.17, 15) is 4.79 Å². The highest BCUT2D eigenvalue weighted by molar-refractivity contribution is 5.95. The highest BCUT2D eigenvalue weighted by Crippen LogP contribution is 2.29.